The smallest absolute Gasteiger partial charge is 0.271 e. The Morgan fingerprint density at radius 3 is 2.65 bits per heavy atom. The van der Waals surface area contributed by atoms with Crippen molar-refractivity contribution in [3.05, 3.63) is 58.7 Å². The molecular weight excluding hydrogens is 402 g/mol. The fraction of sp³-hybridized carbons (Fsp3) is 0.0588. The summed E-state index contributed by atoms with van der Waals surface area (Å²) in [6, 6.07) is 14.2. The average Bonchev–Trinajstić information content (AvgIpc) is 3.11. The van der Waals surface area contributed by atoms with Gasteiger partial charge in [0, 0.05) is 15.7 Å². The van der Waals surface area contributed by atoms with Crippen molar-refractivity contribution in [1.29, 1.82) is 0 Å². The monoisotopic (exact) mass is 415 g/mol. The maximum Gasteiger partial charge on any atom is 0.271 e. The van der Waals surface area contributed by atoms with E-state index < -0.39 is 5.91 Å². The van der Waals surface area contributed by atoms with E-state index in [2.05, 4.69) is 36.7 Å². The number of nitrogens with one attached hydrogen (secondary N) is 2. The molecular formula is C17H14BrN5O3. The van der Waals surface area contributed by atoms with Crippen LogP contribution in [0.1, 0.15) is 10.5 Å². The van der Waals surface area contributed by atoms with Crippen molar-refractivity contribution in [1.82, 2.24) is 15.4 Å². The number of carbonyl (C=O) groups is 2. The van der Waals surface area contributed by atoms with Crippen molar-refractivity contribution in [2.24, 2.45) is 5.73 Å². The number of halogens is 1. The van der Waals surface area contributed by atoms with Crippen LogP contribution < -0.4 is 15.8 Å². The molecule has 0 spiro atoms. The first-order valence-corrected chi connectivity index (χ1v) is 8.32. The molecule has 0 fully saturated rings. The Bertz CT molecular complexity index is 943. The van der Waals surface area contributed by atoms with Gasteiger partial charge in [-0.2, -0.15) is 15.4 Å². The Labute approximate surface area is 156 Å². The topological polar surface area (TPSA) is 123 Å². The number of para-hydroxylation sites is 1. The van der Waals surface area contributed by atoms with Crippen LogP contribution in [0.25, 0.3) is 11.3 Å². The lowest BCUT2D eigenvalue weighted by Gasteiger charge is -2.11. The summed E-state index contributed by atoms with van der Waals surface area (Å²) in [5.74, 6) is -0.672. The van der Waals surface area contributed by atoms with Crippen LogP contribution in [0.5, 0.6) is 5.75 Å². The minimum Gasteiger partial charge on any atom is -0.483 e. The number of primary amides is 1. The number of aromatic nitrogens is 3. The van der Waals surface area contributed by atoms with E-state index in [1.807, 2.05) is 18.2 Å². The van der Waals surface area contributed by atoms with Gasteiger partial charge in [-0.15, -0.1) is 0 Å². The standard InChI is InChI=1S/C17H14BrN5O3/c18-10-6-7-13(12(8-10)15-16(17(19)25)22-23-21-15)26-9-14(24)20-11-4-2-1-3-5-11/h1-8H,9H2,(H2,19,25)(H,20,24)(H,21,22,23). The molecule has 0 aliphatic heterocycles. The number of amides is 2. The second-order valence-electron chi connectivity index (χ2n) is 5.23. The van der Waals surface area contributed by atoms with Gasteiger partial charge >= 0.3 is 0 Å². The number of benzene rings is 2. The molecule has 132 valence electrons. The van der Waals surface area contributed by atoms with Crippen molar-refractivity contribution in [2.45, 2.75) is 0 Å². The van der Waals surface area contributed by atoms with Gasteiger partial charge in [-0.3, -0.25) is 9.59 Å². The maximum atomic E-state index is 12.1. The van der Waals surface area contributed by atoms with Crippen LogP contribution in [0.4, 0.5) is 5.69 Å². The summed E-state index contributed by atoms with van der Waals surface area (Å²) in [6.45, 7) is -0.215. The first-order chi connectivity index (χ1) is 12.5. The molecule has 1 aromatic heterocycles. The van der Waals surface area contributed by atoms with E-state index >= 15 is 0 Å². The Kier molecular flexibility index (Phi) is 5.28. The second kappa shape index (κ2) is 7.79. The number of anilines is 1. The Hall–Kier alpha value is -3.20. The largest absolute Gasteiger partial charge is 0.483 e. The summed E-state index contributed by atoms with van der Waals surface area (Å²) >= 11 is 3.36. The van der Waals surface area contributed by atoms with E-state index in [9.17, 15) is 9.59 Å². The third-order valence-electron chi connectivity index (χ3n) is 3.39. The van der Waals surface area contributed by atoms with E-state index in [0.29, 0.717) is 17.0 Å². The highest BCUT2D eigenvalue weighted by atomic mass is 79.9. The van der Waals surface area contributed by atoms with Crippen molar-refractivity contribution in [3.8, 4) is 17.0 Å². The molecule has 0 bridgehead atoms. The van der Waals surface area contributed by atoms with Gasteiger partial charge in [0.1, 0.15) is 11.4 Å². The Morgan fingerprint density at radius 2 is 1.92 bits per heavy atom. The molecule has 1 heterocycles. The number of hydrogen-bond donors (Lipinski definition) is 3. The molecule has 2 aromatic carbocycles. The molecule has 0 saturated heterocycles. The molecule has 0 saturated carbocycles. The highest BCUT2D eigenvalue weighted by molar-refractivity contribution is 9.10. The molecule has 0 radical (unpaired) electrons. The van der Waals surface area contributed by atoms with Crippen LogP contribution in [-0.4, -0.2) is 33.8 Å². The zero-order valence-corrected chi connectivity index (χ0v) is 15.0. The lowest BCUT2D eigenvalue weighted by Crippen LogP contribution is -2.20. The van der Waals surface area contributed by atoms with Crippen LogP contribution in [-0.2, 0) is 4.79 Å². The van der Waals surface area contributed by atoms with Gasteiger partial charge in [0.25, 0.3) is 11.8 Å². The lowest BCUT2D eigenvalue weighted by molar-refractivity contribution is -0.118. The number of hydrogen-bond acceptors (Lipinski definition) is 5. The van der Waals surface area contributed by atoms with E-state index in [1.165, 1.54) is 0 Å². The molecule has 9 heteroatoms. The van der Waals surface area contributed by atoms with Crippen LogP contribution in [0.3, 0.4) is 0 Å². The van der Waals surface area contributed by atoms with Crippen LogP contribution in [0.15, 0.2) is 53.0 Å². The lowest BCUT2D eigenvalue weighted by atomic mass is 10.1. The number of rotatable bonds is 6. The van der Waals surface area contributed by atoms with Crippen molar-refractivity contribution in [3.63, 3.8) is 0 Å². The summed E-state index contributed by atoms with van der Waals surface area (Å²) in [4.78, 5) is 23.6. The fourth-order valence-electron chi connectivity index (χ4n) is 2.27. The first-order valence-electron chi connectivity index (χ1n) is 7.53. The number of ether oxygens (including phenoxy) is 1. The van der Waals surface area contributed by atoms with E-state index in [0.717, 1.165) is 4.47 Å². The molecule has 26 heavy (non-hydrogen) atoms. The number of carbonyl (C=O) groups excluding carboxylic acids is 2. The van der Waals surface area contributed by atoms with Gasteiger partial charge in [0.2, 0.25) is 0 Å². The molecule has 3 rings (SSSR count). The van der Waals surface area contributed by atoms with Gasteiger partial charge in [-0.1, -0.05) is 34.1 Å². The quantitative estimate of drug-likeness (QED) is 0.569. The summed E-state index contributed by atoms with van der Waals surface area (Å²) in [5.41, 5.74) is 6.70. The molecule has 0 aliphatic rings. The zero-order valence-electron chi connectivity index (χ0n) is 13.4. The molecule has 8 nitrogen and oxygen atoms in total. The van der Waals surface area contributed by atoms with Crippen molar-refractivity contribution >= 4 is 33.4 Å². The van der Waals surface area contributed by atoms with E-state index in [1.54, 1.807) is 30.3 Å². The molecule has 0 aliphatic carbocycles. The minimum atomic E-state index is -0.721. The number of aromatic amines is 1. The van der Waals surface area contributed by atoms with Gasteiger partial charge in [0.15, 0.2) is 12.3 Å². The maximum absolute atomic E-state index is 12.1. The zero-order chi connectivity index (χ0) is 18.5. The predicted molar refractivity (Wildman–Crippen MR) is 98.6 cm³/mol. The molecule has 2 amide bonds. The normalized spacial score (nSPS) is 10.3. The first kappa shape index (κ1) is 17.6. The average molecular weight is 416 g/mol. The second-order valence-corrected chi connectivity index (χ2v) is 6.14. The highest BCUT2D eigenvalue weighted by Gasteiger charge is 2.19. The summed E-state index contributed by atoms with van der Waals surface area (Å²) in [5, 5.41) is 12.8. The molecule has 0 atom stereocenters. The summed E-state index contributed by atoms with van der Waals surface area (Å²) in [7, 11) is 0. The van der Waals surface area contributed by atoms with Gasteiger partial charge in [-0.25, -0.2) is 0 Å². The van der Waals surface area contributed by atoms with Crippen LogP contribution >= 0.6 is 15.9 Å². The third kappa shape index (κ3) is 4.06. The number of nitrogens with two attached hydrogens (primary N) is 1. The highest BCUT2D eigenvalue weighted by Crippen LogP contribution is 2.32. The van der Waals surface area contributed by atoms with Gasteiger partial charge in [-0.05, 0) is 30.3 Å². The molecule has 0 unspecified atom stereocenters. The van der Waals surface area contributed by atoms with Crippen molar-refractivity contribution in [2.75, 3.05) is 11.9 Å². The third-order valence-corrected chi connectivity index (χ3v) is 3.89. The van der Waals surface area contributed by atoms with Gasteiger partial charge in [0.05, 0.1) is 0 Å². The summed E-state index contributed by atoms with van der Waals surface area (Å²) in [6.07, 6.45) is 0. The van der Waals surface area contributed by atoms with Crippen molar-refractivity contribution < 1.29 is 14.3 Å². The predicted octanol–water partition coefficient (Wildman–Crippen LogP) is 2.35. The Morgan fingerprint density at radius 1 is 1.15 bits per heavy atom. The fourth-order valence-corrected chi connectivity index (χ4v) is 2.63. The number of H-pyrrole nitrogens is 1. The van der Waals surface area contributed by atoms with E-state index in [4.69, 9.17) is 10.5 Å². The van der Waals surface area contributed by atoms with E-state index in [-0.39, 0.29) is 23.9 Å². The molecule has 3 aromatic rings. The Balaban J connectivity index is 1.79. The molecule has 4 N–H and O–H groups in total. The minimum absolute atomic E-state index is 0.0123. The van der Waals surface area contributed by atoms with Gasteiger partial charge < -0.3 is 15.8 Å². The van der Waals surface area contributed by atoms with Crippen LogP contribution in [0, 0.1) is 0 Å². The summed E-state index contributed by atoms with van der Waals surface area (Å²) < 4.78 is 6.36. The van der Waals surface area contributed by atoms with Crippen LogP contribution in [0.2, 0.25) is 0 Å². The SMILES string of the molecule is NC(=O)c1n[nH]nc1-c1cc(Br)ccc1OCC(=O)Nc1ccccc1. The number of nitrogens with zero attached hydrogens (tertiary/aromatic N) is 2.